The third-order valence-corrected chi connectivity index (χ3v) is 1.80. The second kappa shape index (κ2) is 3.10. The van der Waals surface area contributed by atoms with Gasteiger partial charge in [0.25, 0.3) is 0 Å². The van der Waals surface area contributed by atoms with Crippen molar-refractivity contribution in [2.75, 3.05) is 12.5 Å². The molecule has 2 unspecified atom stereocenters. The van der Waals surface area contributed by atoms with Crippen molar-refractivity contribution < 1.29 is 14.3 Å². The maximum absolute atomic E-state index is 10.5. The predicted octanol–water partition coefficient (Wildman–Crippen LogP) is 1.40. The quantitative estimate of drug-likeness (QED) is 0.434. The van der Waals surface area contributed by atoms with E-state index < -0.39 is 6.16 Å². The summed E-state index contributed by atoms with van der Waals surface area (Å²) >= 11 is 5.51. The molecule has 4 heteroatoms. The van der Waals surface area contributed by atoms with Crippen molar-refractivity contribution in [2.45, 2.75) is 13.0 Å². The molecule has 0 aromatic carbocycles. The van der Waals surface area contributed by atoms with E-state index in [1.807, 2.05) is 6.92 Å². The van der Waals surface area contributed by atoms with Crippen LogP contribution < -0.4 is 0 Å². The van der Waals surface area contributed by atoms with E-state index in [9.17, 15) is 4.79 Å². The van der Waals surface area contributed by atoms with Crippen molar-refractivity contribution in [3.8, 4) is 0 Å². The van der Waals surface area contributed by atoms with Crippen molar-refractivity contribution in [3.05, 3.63) is 0 Å². The van der Waals surface area contributed by atoms with E-state index in [1.54, 1.807) is 0 Å². The van der Waals surface area contributed by atoms with Gasteiger partial charge in [0.15, 0.2) is 0 Å². The molecule has 1 heterocycles. The van der Waals surface area contributed by atoms with E-state index in [4.69, 9.17) is 16.3 Å². The fourth-order valence-electron chi connectivity index (χ4n) is 0.764. The summed E-state index contributed by atoms with van der Waals surface area (Å²) in [5, 5.41) is 0. The molecule has 10 heavy (non-hydrogen) atoms. The minimum atomic E-state index is -0.608. The number of hydrogen-bond donors (Lipinski definition) is 0. The van der Waals surface area contributed by atoms with Crippen molar-refractivity contribution >= 4 is 17.8 Å². The average molecular weight is 165 g/mol. The number of hydrogen-bond acceptors (Lipinski definition) is 3. The Labute approximate surface area is 64.3 Å². The summed E-state index contributed by atoms with van der Waals surface area (Å²) in [6.07, 6.45) is -0.785. The highest BCUT2D eigenvalue weighted by atomic mass is 35.5. The molecule has 0 saturated carbocycles. The summed E-state index contributed by atoms with van der Waals surface area (Å²) in [5.41, 5.74) is 0. The lowest BCUT2D eigenvalue weighted by molar-refractivity contribution is -0.0447. The molecule has 1 rings (SSSR count). The lowest BCUT2D eigenvalue weighted by Gasteiger charge is -2.26. The number of halogens is 1. The fourth-order valence-corrected chi connectivity index (χ4v) is 1.13. The topological polar surface area (TPSA) is 35.5 Å². The van der Waals surface area contributed by atoms with Gasteiger partial charge in [-0.25, -0.2) is 4.79 Å². The molecule has 0 amide bonds. The number of carbonyl (C=O) groups excluding carboxylic acids is 1. The molecule has 2 atom stereocenters. The van der Waals surface area contributed by atoms with Crippen LogP contribution in [0.5, 0.6) is 0 Å². The summed E-state index contributed by atoms with van der Waals surface area (Å²) in [6.45, 7) is 2.34. The number of cyclic esters (lactones) is 2. The zero-order valence-electron chi connectivity index (χ0n) is 5.67. The van der Waals surface area contributed by atoms with Crippen molar-refractivity contribution in [1.29, 1.82) is 0 Å². The highest BCUT2D eigenvalue weighted by Crippen LogP contribution is 2.15. The summed E-state index contributed by atoms with van der Waals surface area (Å²) in [7, 11) is 0. The van der Waals surface area contributed by atoms with Crippen LogP contribution in [-0.2, 0) is 9.47 Å². The number of alkyl halides is 1. The Morgan fingerprint density at radius 2 is 2.50 bits per heavy atom. The molecule has 0 aromatic rings. The smallest absolute Gasteiger partial charge is 0.434 e. The van der Waals surface area contributed by atoms with Crippen LogP contribution in [0.15, 0.2) is 0 Å². The van der Waals surface area contributed by atoms with E-state index in [0.717, 1.165) is 0 Å². The van der Waals surface area contributed by atoms with E-state index in [2.05, 4.69) is 4.74 Å². The standard InChI is InChI=1S/C6H9ClO3/c1-4-3-9-6(8)10-5(4)2-7/h4-5H,2-3H2,1H3. The van der Waals surface area contributed by atoms with Gasteiger partial charge in [-0.15, -0.1) is 11.6 Å². The van der Waals surface area contributed by atoms with Crippen LogP contribution in [0.2, 0.25) is 0 Å². The highest BCUT2D eigenvalue weighted by Gasteiger charge is 2.27. The van der Waals surface area contributed by atoms with Gasteiger partial charge in [-0.2, -0.15) is 0 Å². The van der Waals surface area contributed by atoms with E-state index in [-0.39, 0.29) is 12.0 Å². The SMILES string of the molecule is CC1COC(=O)OC1CCl. The Morgan fingerprint density at radius 1 is 1.80 bits per heavy atom. The Bertz CT molecular complexity index is 137. The van der Waals surface area contributed by atoms with Gasteiger partial charge in [0, 0.05) is 5.92 Å². The van der Waals surface area contributed by atoms with E-state index in [0.29, 0.717) is 12.5 Å². The van der Waals surface area contributed by atoms with Crippen LogP contribution in [0.4, 0.5) is 4.79 Å². The molecular formula is C6H9ClO3. The van der Waals surface area contributed by atoms with Gasteiger partial charge in [-0.3, -0.25) is 0 Å². The summed E-state index contributed by atoms with van der Waals surface area (Å²) < 4.78 is 9.36. The lowest BCUT2D eigenvalue weighted by Crippen LogP contribution is -2.36. The van der Waals surface area contributed by atoms with Gasteiger partial charge < -0.3 is 9.47 Å². The van der Waals surface area contributed by atoms with Crippen molar-refractivity contribution in [3.63, 3.8) is 0 Å². The summed E-state index contributed by atoms with van der Waals surface area (Å²) in [6, 6.07) is 0. The third kappa shape index (κ3) is 1.53. The first kappa shape index (κ1) is 7.66. The zero-order valence-corrected chi connectivity index (χ0v) is 6.43. The first-order valence-electron chi connectivity index (χ1n) is 3.13. The maximum Gasteiger partial charge on any atom is 0.508 e. The zero-order chi connectivity index (χ0) is 7.56. The van der Waals surface area contributed by atoms with Gasteiger partial charge in [-0.1, -0.05) is 6.92 Å². The molecule has 1 aliphatic heterocycles. The largest absolute Gasteiger partial charge is 0.508 e. The molecular weight excluding hydrogens is 156 g/mol. The molecule has 0 spiro atoms. The van der Waals surface area contributed by atoms with E-state index >= 15 is 0 Å². The third-order valence-electron chi connectivity index (χ3n) is 1.50. The molecule has 0 bridgehead atoms. The molecule has 1 saturated heterocycles. The number of rotatable bonds is 1. The second-order valence-electron chi connectivity index (χ2n) is 2.35. The maximum atomic E-state index is 10.5. The normalized spacial score (nSPS) is 32.8. The summed E-state index contributed by atoms with van der Waals surface area (Å²) in [5.74, 6) is 0.547. The van der Waals surface area contributed by atoms with Crippen LogP contribution in [0.1, 0.15) is 6.92 Å². The van der Waals surface area contributed by atoms with Crippen LogP contribution in [0.25, 0.3) is 0 Å². The van der Waals surface area contributed by atoms with Gasteiger partial charge >= 0.3 is 6.16 Å². The number of ether oxygens (including phenoxy) is 2. The lowest BCUT2D eigenvalue weighted by atomic mass is 10.1. The molecule has 0 aliphatic carbocycles. The first-order chi connectivity index (χ1) is 4.74. The van der Waals surface area contributed by atoms with Gasteiger partial charge in [0.1, 0.15) is 12.7 Å². The van der Waals surface area contributed by atoms with Crippen LogP contribution in [-0.4, -0.2) is 24.7 Å². The molecule has 0 aromatic heterocycles. The molecule has 1 fully saturated rings. The molecule has 3 nitrogen and oxygen atoms in total. The Kier molecular flexibility index (Phi) is 2.38. The molecule has 0 N–H and O–H groups in total. The molecule has 1 aliphatic rings. The second-order valence-corrected chi connectivity index (χ2v) is 2.66. The monoisotopic (exact) mass is 164 g/mol. The summed E-state index contributed by atoms with van der Waals surface area (Å²) in [4.78, 5) is 10.5. The number of carbonyl (C=O) groups is 1. The van der Waals surface area contributed by atoms with Gasteiger partial charge in [0.05, 0.1) is 5.88 Å². The molecule has 58 valence electrons. The minimum Gasteiger partial charge on any atom is -0.434 e. The minimum absolute atomic E-state index is 0.178. The predicted molar refractivity (Wildman–Crippen MR) is 36.1 cm³/mol. The molecule has 0 radical (unpaired) electrons. The average Bonchev–Trinajstić information content (AvgIpc) is 1.94. The Hall–Kier alpha value is -0.440. The first-order valence-corrected chi connectivity index (χ1v) is 3.67. The van der Waals surface area contributed by atoms with Crippen LogP contribution in [0.3, 0.4) is 0 Å². The van der Waals surface area contributed by atoms with Crippen LogP contribution >= 0.6 is 11.6 Å². The fraction of sp³-hybridized carbons (Fsp3) is 0.833. The Balaban J connectivity index is 2.45. The van der Waals surface area contributed by atoms with Gasteiger partial charge in [0.2, 0.25) is 0 Å². The van der Waals surface area contributed by atoms with Gasteiger partial charge in [-0.05, 0) is 0 Å². The van der Waals surface area contributed by atoms with E-state index in [1.165, 1.54) is 0 Å². The highest BCUT2D eigenvalue weighted by molar-refractivity contribution is 6.18. The van der Waals surface area contributed by atoms with Crippen molar-refractivity contribution in [1.82, 2.24) is 0 Å². The Morgan fingerprint density at radius 3 is 3.00 bits per heavy atom. The van der Waals surface area contributed by atoms with Crippen molar-refractivity contribution in [2.24, 2.45) is 5.92 Å². The van der Waals surface area contributed by atoms with Crippen LogP contribution in [0, 0.1) is 5.92 Å².